The molecule has 4 fully saturated rings. The van der Waals surface area contributed by atoms with Crippen LogP contribution in [0.1, 0.15) is 142 Å². The Kier molecular flexibility index (Phi) is 29.2. The predicted octanol–water partition coefficient (Wildman–Crippen LogP) is 5.67. The number of benzene rings is 2. The van der Waals surface area contributed by atoms with Gasteiger partial charge in [-0.25, -0.2) is 0 Å². The van der Waals surface area contributed by atoms with Gasteiger partial charge in [0.2, 0.25) is 70.9 Å². The highest BCUT2D eigenvalue weighted by atomic mass is 35.5. The van der Waals surface area contributed by atoms with Crippen molar-refractivity contribution in [1.29, 1.82) is 0 Å². The van der Waals surface area contributed by atoms with Crippen molar-refractivity contribution in [2.24, 2.45) is 17.8 Å². The van der Waals surface area contributed by atoms with E-state index in [0.717, 1.165) is 69.3 Å². The molecule has 0 bridgehead atoms. The third-order valence-corrected chi connectivity index (χ3v) is 20.5. The van der Waals surface area contributed by atoms with Crippen molar-refractivity contribution in [3.8, 4) is 5.75 Å². The molecule has 3 aliphatic heterocycles. The molecule has 25 nitrogen and oxygen atoms in total. The molecule has 1 aliphatic carbocycles. The summed E-state index contributed by atoms with van der Waals surface area (Å²) >= 11 is 6.11. The number of nitrogens with zero attached hydrogens (tertiary/aromatic N) is 9. The van der Waals surface area contributed by atoms with Crippen LogP contribution in [-0.2, 0) is 76.6 Å². The fraction of sp³-hybridized carbons (Fsp3) is 0.662. The molecule has 0 radical (unpaired) electrons. The molecule has 4 aliphatic rings. The van der Waals surface area contributed by atoms with Crippen molar-refractivity contribution in [3.05, 3.63) is 64.2 Å². The number of halogens is 7. The first-order valence-electron chi connectivity index (χ1n) is 35.1. The SMILES string of the molecule is CC[C@H](C)[C@@H]1NC(=O)[C@H](CC(C)C)N(C)C(=O)C[C@@H](C(=O)N2CCCCC2)N(C)C(=O)[C@H](C(C)C)N(C)C(=O)C2(CCCC2)NC(=O)[C@@H]2CCCN2C(=O)[C@H](CCc2ccc(C(F)(F)F)c(Cl)c2)NC(=O)CN(C)C(=O)[C@H](Cc2ccccc2OC(F)(F)F)N(C)C(=O)CN(C)C(=O)CN(C)C1=O. The van der Waals surface area contributed by atoms with Gasteiger partial charge in [0, 0.05) is 75.4 Å². The second-order valence-corrected chi connectivity index (χ2v) is 29.0. The Morgan fingerprint density at radius 2 is 1.26 bits per heavy atom. The lowest BCUT2D eigenvalue weighted by Gasteiger charge is -2.42. The van der Waals surface area contributed by atoms with Gasteiger partial charge in [-0.2, -0.15) is 13.2 Å². The zero-order valence-corrected chi connectivity index (χ0v) is 61.9. The number of carbonyl (C=O) groups excluding carboxylic acids is 12. The number of fused-ring (bicyclic) bond motifs is 1. The largest absolute Gasteiger partial charge is 0.573 e. The summed E-state index contributed by atoms with van der Waals surface area (Å²) in [5.41, 5.74) is -2.82. The summed E-state index contributed by atoms with van der Waals surface area (Å²) < 4.78 is 87.5. The van der Waals surface area contributed by atoms with Crippen LogP contribution in [0.15, 0.2) is 42.5 Å². The van der Waals surface area contributed by atoms with Gasteiger partial charge in [0.1, 0.15) is 53.6 Å². The third kappa shape index (κ3) is 21.5. The fourth-order valence-corrected chi connectivity index (χ4v) is 14.3. The molecule has 572 valence electrons. The summed E-state index contributed by atoms with van der Waals surface area (Å²) in [6, 6.07) is -2.28. The number of alkyl halides is 6. The number of likely N-dealkylation sites (N-methyl/N-ethyl adjacent to an activating group) is 7. The molecule has 0 unspecified atom stereocenters. The molecule has 1 spiro atoms. The predicted molar refractivity (Wildman–Crippen MR) is 367 cm³/mol. The number of piperidine rings is 1. The standard InChI is InChI=1S/C71H101ClF6N12O13/c1-14-44(6)59-66(100)84(9)40-57(93)82(7)41-58(94)86(11)52(37-46-23-16-17-25-54(46)103-71(76,77)78)64(98)83(8)39-55(91)79-49(29-27-45-26-28-47(48(72)36-45)70(73,74)75)63(97)90-34-22-24-50(90)62(96)81-69(30-18-19-31-69)68(102)88(13)60(43(4)5)67(101)87(12)53(65(99)89-32-20-15-21-33-89)38-56(92)85(10)51(35-42(2)3)61(95)80-59/h16-17,23,25-26,28,36,42-44,49-53,59-60H,14-15,18-22,24,27,29-35,37-41H2,1-13H3,(H,79,91)(H,80,95)(H,81,96)/t44-,49-,50-,51-,52-,53-,59-,60-/m0/s1. The molecule has 1 saturated carbocycles. The Morgan fingerprint density at radius 1 is 0.650 bits per heavy atom. The normalized spacial score (nSPS) is 24.5. The molecule has 32 heteroatoms. The van der Waals surface area contributed by atoms with Crippen LogP contribution in [0.2, 0.25) is 5.02 Å². The zero-order valence-electron chi connectivity index (χ0n) is 61.1. The summed E-state index contributed by atoms with van der Waals surface area (Å²) in [7, 11) is 8.92. The molecule has 6 rings (SSSR count). The van der Waals surface area contributed by atoms with Gasteiger partial charge < -0.3 is 64.8 Å². The van der Waals surface area contributed by atoms with Crippen molar-refractivity contribution in [2.45, 2.75) is 198 Å². The van der Waals surface area contributed by atoms with Gasteiger partial charge in [-0.3, -0.25) is 57.5 Å². The number of likely N-dealkylation sites (tertiary alicyclic amines) is 1. The number of hydrogen-bond acceptors (Lipinski definition) is 13. The Balaban J connectivity index is 1.45. The van der Waals surface area contributed by atoms with Crippen LogP contribution in [-0.4, -0.2) is 258 Å². The molecule has 3 heterocycles. The zero-order chi connectivity index (χ0) is 76.9. The highest BCUT2D eigenvalue weighted by molar-refractivity contribution is 6.31. The van der Waals surface area contributed by atoms with Gasteiger partial charge in [0.05, 0.1) is 36.6 Å². The Morgan fingerprint density at radius 3 is 1.85 bits per heavy atom. The molecule has 2 aromatic carbocycles. The third-order valence-electron chi connectivity index (χ3n) is 20.2. The van der Waals surface area contributed by atoms with E-state index in [9.17, 15) is 64.7 Å². The monoisotopic (exact) mass is 1480 g/mol. The lowest BCUT2D eigenvalue weighted by atomic mass is 9.91. The summed E-state index contributed by atoms with van der Waals surface area (Å²) in [5.74, 6) is -11.8. The first-order chi connectivity index (χ1) is 48.1. The van der Waals surface area contributed by atoms with E-state index in [1.54, 1.807) is 32.6 Å². The van der Waals surface area contributed by atoms with Crippen LogP contribution in [0.4, 0.5) is 26.3 Å². The van der Waals surface area contributed by atoms with Crippen LogP contribution in [0.3, 0.4) is 0 Å². The number of aryl methyl sites for hydroxylation is 1. The highest BCUT2D eigenvalue weighted by Crippen LogP contribution is 2.37. The lowest BCUT2D eigenvalue weighted by molar-refractivity contribution is -0.275. The van der Waals surface area contributed by atoms with E-state index in [4.69, 9.17) is 11.6 Å². The van der Waals surface area contributed by atoms with Crippen molar-refractivity contribution in [1.82, 2.24) is 60.0 Å². The molecule has 12 amide bonds. The Labute approximate surface area is 603 Å². The van der Waals surface area contributed by atoms with Gasteiger partial charge in [0.15, 0.2) is 0 Å². The molecular formula is C71H101ClF6N12O13. The maximum atomic E-state index is 15.4. The van der Waals surface area contributed by atoms with Gasteiger partial charge in [0.25, 0.3) is 0 Å². The summed E-state index contributed by atoms with van der Waals surface area (Å²) in [6.07, 6.45) is -8.00. The molecular weight excluding hydrogens is 1380 g/mol. The van der Waals surface area contributed by atoms with Crippen LogP contribution in [0.25, 0.3) is 0 Å². The first-order valence-corrected chi connectivity index (χ1v) is 35.5. The van der Waals surface area contributed by atoms with E-state index in [0.29, 0.717) is 45.2 Å². The van der Waals surface area contributed by atoms with Crippen LogP contribution in [0, 0.1) is 17.8 Å². The van der Waals surface area contributed by atoms with E-state index >= 15 is 19.2 Å². The van der Waals surface area contributed by atoms with Crippen molar-refractivity contribution < 1.29 is 88.6 Å². The minimum absolute atomic E-state index is 0.0508. The van der Waals surface area contributed by atoms with Gasteiger partial charge in [-0.1, -0.05) is 96.7 Å². The number of para-hydroxylation sites is 1. The smallest absolute Gasteiger partial charge is 0.406 e. The minimum Gasteiger partial charge on any atom is -0.406 e. The quantitative estimate of drug-likeness (QED) is 0.216. The number of rotatable bonds is 12. The highest BCUT2D eigenvalue weighted by Gasteiger charge is 2.51. The number of carbonyl (C=O) groups is 12. The molecule has 103 heavy (non-hydrogen) atoms. The molecule has 3 N–H and O–H groups in total. The average molecular weight is 1480 g/mol. The van der Waals surface area contributed by atoms with Crippen molar-refractivity contribution in [3.63, 3.8) is 0 Å². The number of ether oxygens (including phenoxy) is 1. The Bertz CT molecular complexity index is 3420. The van der Waals surface area contributed by atoms with Crippen molar-refractivity contribution >= 4 is 82.5 Å². The first kappa shape index (κ1) is 83.7. The van der Waals surface area contributed by atoms with Crippen LogP contribution in [0.5, 0.6) is 5.75 Å². The van der Waals surface area contributed by atoms with Crippen LogP contribution < -0.4 is 20.7 Å². The topological polar surface area (TPSA) is 279 Å². The average Bonchev–Trinajstić information content (AvgIpc) is 1.74. The van der Waals surface area contributed by atoms with Gasteiger partial charge in [-0.05, 0) is 111 Å². The second kappa shape index (κ2) is 36.0. The van der Waals surface area contributed by atoms with E-state index in [2.05, 4.69) is 20.7 Å². The molecule has 2 aromatic rings. The van der Waals surface area contributed by atoms with Gasteiger partial charge in [-0.15, -0.1) is 13.2 Å². The van der Waals surface area contributed by atoms with Crippen LogP contribution >= 0.6 is 11.6 Å². The number of hydrogen-bond donors (Lipinski definition) is 3. The summed E-state index contributed by atoms with van der Waals surface area (Å²) in [4.78, 5) is 188. The van der Waals surface area contributed by atoms with E-state index in [1.165, 1.54) is 68.1 Å². The molecule has 3 saturated heterocycles. The van der Waals surface area contributed by atoms with Gasteiger partial charge >= 0.3 is 12.5 Å². The minimum atomic E-state index is -5.22. The molecule has 0 aromatic heterocycles. The fourth-order valence-electron chi connectivity index (χ4n) is 13.9. The van der Waals surface area contributed by atoms with E-state index in [-0.39, 0.29) is 68.5 Å². The Hall–Kier alpha value is -8.25. The van der Waals surface area contributed by atoms with Crippen molar-refractivity contribution in [2.75, 3.05) is 88.6 Å². The number of nitrogens with one attached hydrogen (secondary N) is 3. The lowest BCUT2D eigenvalue weighted by Crippen LogP contribution is -2.65. The summed E-state index contributed by atoms with van der Waals surface area (Å²) in [5, 5.41) is 7.74. The van der Waals surface area contributed by atoms with E-state index in [1.807, 2.05) is 13.8 Å². The number of amides is 12. The second-order valence-electron chi connectivity index (χ2n) is 28.6. The van der Waals surface area contributed by atoms with E-state index < -0.39 is 192 Å². The summed E-state index contributed by atoms with van der Waals surface area (Å²) in [6.45, 7) is 8.68. The maximum absolute atomic E-state index is 15.4. The maximum Gasteiger partial charge on any atom is 0.573 e. The molecule has 8 atom stereocenters.